The summed E-state index contributed by atoms with van der Waals surface area (Å²) in [6, 6.07) is 8.63. The molecule has 0 bridgehead atoms. The Bertz CT molecular complexity index is 533. The first-order valence-corrected chi connectivity index (χ1v) is 16.1. The molecular weight excluding hydrogens is 296 g/mol. The van der Waals surface area contributed by atoms with E-state index in [9.17, 15) is 0 Å². The van der Waals surface area contributed by atoms with Crippen molar-refractivity contribution in [2.24, 2.45) is 0 Å². The van der Waals surface area contributed by atoms with Crippen LogP contribution in [0.5, 0.6) is 0 Å². The topological polar surface area (TPSA) is 26.3 Å². The van der Waals surface area contributed by atoms with E-state index < -0.39 is 24.9 Å². The Balaban J connectivity index is 2.25. The summed E-state index contributed by atoms with van der Waals surface area (Å²) >= 11 is 0. The fourth-order valence-electron chi connectivity index (χ4n) is 2.01. The zero-order chi connectivity index (χ0) is 15.1. The molecule has 1 radical (unpaired) electrons. The molecule has 0 aliphatic heterocycles. The molecule has 0 saturated carbocycles. The molecule has 2 rings (SSSR count). The van der Waals surface area contributed by atoms with Crippen molar-refractivity contribution in [3.63, 3.8) is 0 Å². The molecule has 0 unspecified atom stereocenters. The fraction of sp³-hybridized carbons (Fsp3) is 0.467. The lowest BCUT2D eigenvalue weighted by Crippen LogP contribution is -2.42. The van der Waals surface area contributed by atoms with Crippen LogP contribution in [0.1, 0.15) is 0 Å². The van der Waals surface area contributed by atoms with Crippen molar-refractivity contribution in [1.29, 1.82) is 0 Å². The summed E-state index contributed by atoms with van der Waals surface area (Å²) in [4.78, 5) is 0. The minimum absolute atomic E-state index is 0.911. The highest BCUT2D eigenvalue weighted by Gasteiger charge is 2.27. The van der Waals surface area contributed by atoms with Crippen LogP contribution in [0.4, 0.5) is 0 Å². The largest absolute Gasteiger partial charge is 0.476 e. The first kappa shape index (κ1) is 15.6. The van der Waals surface area contributed by atoms with E-state index in [1.165, 1.54) is 10.8 Å². The van der Waals surface area contributed by atoms with Crippen LogP contribution in [0.2, 0.25) is 45.8 Å². The average Bonchev–Trinajstić information content (AvgIpc) is 2.96. The molecule has 0 N–H and O–H groups in total. The molecule has 5 heteroatoms. The molecular formula is C15H25O2Si3. The fourth-order valence-corrected chi connectivity index (χ4v) is 5.65. The Kier molecular flexibility index (Phi) is 4.05. The Hall–Kier alpha value is -0.789. The molecule has 2 aromatic heterocycles. The highest BCUT2D eigenvalue weighted by atomic mass is 28.3. The van der Waals surface area contributed by atoms with Gasteiger partial charge in [0, 0.05) is 0 Å². The van der Waals surface area contributed by atoms with Gasteiger partial charge in [-0.15, -0.1) is 0 Å². The molecule has 109 valence electrons. The standard InChI is InChI=1S/C15H25O2Si3/c1-18(12-8-10-14(16-12)19(2,3)4)13-9-11-15(17-13)20(5,6)7/h8-11H,1-7H3. The van der Waals surface area contributed by atoms with Gasteiger partial charge >= 0.3 is 0 Å². The molecule has 20 heavy (non-hydrogen) atoms. The van der Waals surface area contributed by atoms with Crippen molar-refractivity contribution in [2.45, 2.75) is 45.8 Å². The van der Waals surface area contributed by atoms with Crippen molar-refractivity contribution in [3.05, 3.63) is 24.3 Å². The predicted octanol–water partition coefficient (Wildman–Crippen LogP) is 2.20. The Labute approximate surface area is 125 Å². The van der Waals surface area contributed by atoms with Crippen LogP contribution in [0, 0.1) is 0 Å². The van der Waals surface area contributed by atoms with Crippen molar-refractivity contribution >= 4 is 46.5 Å². The van der Waals surface area contributed by atoms with Gasteiger partial charge in [0.05, 0.1) is 21.5 Å². The Morgan fingerprint density at radius 3 is 1.30 bits per heavy atom. The maximum Gasteiger partial charge on any atom is 0.212 e. The molecule has 2 nitrogen and oxygen atoms in total. The summed E-state index contributed by atoms with van der Waals surface area (Å²) in [5.74, 6) is 0. The van der Waals surface area contributed by atoms with E-state index in [2.05, 4.69) is 70.1 Å². The molecule has 2 heterocycles. The van der Waals surface area contributed by atoms with E-state index in [-0.39, 0.29) is 0 Å². The van der Waals surface area contributed by atoms with Gasteiger partial charge in [-0.25, -0.2) is 0 Å². The zero-order valence-electron chi connectivity index (χ0n) is 13.6. The van der Waals surface area contributed by atoms with E-state index in [0.717, 1.165) is 10.8 Å². The van der Waals surface area contributed by atoms with Crippen LogP contribution in [0.3, 0.4) is 0 Å². The van der Waals surface area contributed by atoms with Gasteiger partial charge in [0.15, 0.2) is 0 Å². The second-order valence-corrected chi connectivity index (χ2v) is 19.7. The monoisotopic (exact) mass is 321 g/mol. The van der Waals surface area contributed by atoms with E-state index >= 15 is 0 Å². The lowest BCUT2D eigenvalue weighted by Gasteiger charge is -2.13. The number of furan rings is 2. The maximum absolute atomic E-state index is 6.12. The van der Waals surface area contributed by atoms with Crippen LogP contribution in [-0.2, 0) is 0 Å². The zero-order valence-corrected chi connectivity index (χ0v) is 16.6. The highest BCUT2D eigenvalue weighted by molar-refractivity contribution is 6.89. The molecule has 0 fully saturated rings. The minimum Gasteiger partial charge on any atom is -0.476 e. The van der Waals surface area contributed by atoms with Crippen LogP contribution >= 0.6 is 0 Å². The SMILES string of the molecule is C[Si](c1ccc([Si](C)(C)C)o1)c1ccc([Si](C)(C)C)o1. The number of rotatable bonds is 4. The summed E-state index contributed by atoms with van der Waals surface area (Å²) in [5.41, 5.74) is 0. The van der Waals surface area contributed by atoms with Gasteiger partial charge in [0.2, 0.25) is 8.80 Å². The van der Waals surface area contributed by atoms with Gasteiger partial charge in [0.1, 0.15) is 16.1 Å². The lowest BCUT2D eigenvalue weighted by molar-refractivity contribution is 0.618. The molecule has 0 aliphatic carbocycles. The quantitative estimate of drug-likeness (QED) is 0.807. The van der Waals surface area contributed by atoms with Crippen LogP contribution < -0.4 is 21.5 Å². The number of hydrogen-bond acceptors (Lipinski definition) is 2. The summed E-state index contributed by atoms with van der Waals surface area (Å²) in [6.45, 7) is 16.1. The third-order valence-corrected chi connectivity index (χ3v) is 8.94. The molecule has 0 amide bonds. The summed E-state index contributed by atoms with van der Waals surface area (Å²) in [7, 11) is -3.63. The average molecular weight is 322 g/mol. The molecule has 2 aromatic rings. The van der Waals surface area contributed by atoms with Gasteiger partial charge in [-0.1, -0.05) is 45.8 Å². The van der Waals surface area contributed by atoms with Crippen molar-refractivity contribution in [3.8, 4) is 0 Å². The molecule has 0 aromatic carbocycles. The second kappa shape index (κ2) is 5.20. The molecule has 0 aliphatic rings. The third kappa shape index (κ3) is 3.27. The van der Waals surface area contributed by atoms with Crippen LogP contribution in [0.15, 0.2) is 33.1 Å². The molecule has 0 atom stereocenters. The summed E-state index contributed by atoms with van der Waals surface area (Å²) in [6.07, 6.45) is 0. The highest BCUT2D eigenvalue weighted by Crippen LogP contribution is 2.04. The van der Waals surface area contributed by atoms with E-state index in [1.807, 2.05) is 0 Å². The van der Waals surface area contributed by atoms with Gasteiger partial charge in [0.25, 0.3) is 0 Å². The van der Waals surface area contributed by atoms with Crippen molar-refractivity contribution < 1.29 is 8.83 Å². The third-order valence-electron chi connectivity index (χ3n) is 3.43. The van der Waals surface area contributed by atoms with E-state index in [1.54, 1.807) is 0 Å². The lowest BCUT2D eigenvalue weighted by atomic mass is 10.7. The summed E-state index contributed by atoms with van der Waals surface area (Å²) < 4.78 is 12.2. The van der Waals surface area contributed by atoms with E-state index in [0.29, 0.717) is 0 Å². The molecule has 0 spiro atoms. The predicted molar refractivity (Wildman–Crippen MR) is 94.3 cm³/mol. The normalized spacial score (nSPS) is 13.2. The van der Waals surface area contributed by atoms with Crippen molar-refractivity contribution in [1.82, 2.24) is 0 Å². The van der Waals surface area contributed by atoms with Gasteiger partial charge in [-0.3, -0.25) is 0 Å². The van der Waals surface area contributed by atoms with Gasteiger partial charge < -0.3 is 8.83 Å². The van der Waals surface area contributed by atoms with E-state index in [4.69, 9.17) is 8.83 Å². The van der Waals surface area contributed by atoms with Crippen molar-refractivity contribution in [2.75, 3.05) is 0 Å². The van der Waals surface area contributed by atoms with Crippen LogP contribution in [-0.4, -0.2) is 24.9 Å². The van der Waals surface area contributed by atoms with Crippen LogP contribution in [0.25, 0.3) is 0 Å². The first-order valence-electron chi connectivity index (χ1n) is 7.14. The van der Waals surface area contributed by atoms with Gasteiger partial charge in [-0.2, -0.15) is 0 Å². The smallest absolute Gasteiger partial charge is 0.212 e. The maximum atomic E-state index is 6.12. The Morgan fingerprint density at radius 1 is 0.700 bits per heavy atom. The minimum atomic E-state index is -1.36. The van der Waals surface area contributed by atoms with Gasteiger partial charge in [-0.05, 0) is 24.3 Å². The first-order chi connectivity index (χ1) is 9.09. The Morgan fingerprint density at radius 2 is 1.05 bits per heavy atom. The second-order valence-electron chi connectivity index (χ2n) is 7.45. The summed E-state index contributed by atoms with van der Waals surface area (Å²) in [5, 5.41) is 4.61. The molecule has 0 saturated heterocycles. The number of hydrogen-bond donors (Lipinski definition) is 0.